The van der Waals surface area contributed by atoms with Gasteiger partial charge in [0.1, 0.15) is 11.5 Å². The van der Waals surface area contributed by atoms with Crippen LogP contribution in [0.25, 0.3) is 0 Å². The van der Waals surface area contributed by atoms with Crippen molar-refractivity contribution in [2.24, 2.45) is 0 Å². The van der Waals surface area contributed by atoms with Gasteiger partial charge in [0, 0.05) is 24.4 Å². The van der Waals surface area contributed by atoms with Gasteiger partial charge in [-0.3, -0.25) is 4.79 Å². The van der Waals surface area contributed by atoms with Crippen molar-refractivity contribution in [2.45, 2.75) is 6.92 Å². The van der Waals surface area contributed by atoms with Gasteiger partial charge in [-0.2, -0.15) is 0 Å². The molecule has 0 unspecified atom stereocenters. The highest BCUT2D eigenvalue weighted by atomic mass is 79.9. The summed E-state index contributed by atoms with van der Waals surface area (Å²) in [5, 5.41) is 9.28. The highest BCUT2D eigenvalue weighted by Gasteiger charge is 2.11. The molecule has 1 amide bonds. The minimum Gasteiger partial charge on any atom is -0.495 e. The second-order valence-electron chi connectivity index (χ2n) is 5.02. The Morgan fingerprint density at radius 1 is 0.960 bits per heavy atom. The molecule has 2 aromatic carbocycles. The third-order valence-corrected chi connectivity index (χ3v) is 4.01. The molecule has 0 atom stereocenters. The summed E-state index contributed by atoms with van der Waals surface area (Å²) >= 11 is 8.78. The van der Waals surface area contributed by atoms with E-state index in [1.54, 1.807) is 32.4 Å². The van der Waals surface area contributed by atoms with Crippen molar-refractivity contribution >= 4 is 56.2 Å². The van der Waals surface area contributed by atoms with Gasteiger partial charge >= 0.3 is 0 Å². The van der Waals surface area contributed by atoms with Crippen molar-refractivity contribution in [1.82, 2.24) is 0 Å². The fourth-order valence-corrected chi connectivity index (χ4v) is 2.82. The molecule has 0 radical (unpaired) electrons. The topological polar surface area (TPSA) is 71.6 Å². The van der Waals surface area contributed by atoms with Gasteiger partial charge in [-0.15, -0.1) is 0 Å². The fourth-order valence-electron chi connectivity index (χ4n) is 2.08. The number of thiocarbonyl (C=S) groups is 1. The van der Waals surface area contributed by atoms with E-state index in [-0.39, 0.29) is 5.91 Å². The molecule has 0 aliphatic carbocycles. The molecule has 25 heavy (non-hydrogen) atoms. The van der Waals surface area contributed by atoms with Gasteiger partial charge in [0.2, 0.25) is 5.91 Å². The highest BCUT2D eigenvalue weighted by molar-refractivity contribution is 9.10. The highest BCUT2D eigenvalue weighted by Crippen LogP contribution is 2.36. The third-order valence-electron chi connectivity index (χ3n) is 3.19. The molecule has 0 aliphatic heterocycles. The van der Waals surface area contributed by atoms with Crippen LogP contribution < -0.4 is 25.4 Å². The molecule has 132 valence electrons. The molecular formula is C17H18BrN3O3S. The van der Waals surface area contributed by atoms with Crippen LogP contribution in [0.3, 0.4) is 0 Å². The van der Waals surface area contributed by atoms with E-state index < -0.39 is 0 Å². The standard InChI is InChI=1S/C17H18BrN3O3S/c1-10(22)19-11-4-6-12(7-5-11)20-17(25)21-14-8-13(18)15(23-2)9-16(14)24-3/h4-9H,1-3H3,(H,19,22)(H2,20,21,25). The number of carbonyl (C=O) groups excluding carboxylic acids is 1. The van der Waals surface area contributed by atoms with E-state index in [2.05, 4.69) is 31.9 Å². The van der Waals surface area contributed by atoms with Crippen LogP contribution in [-0.2, 0) is 4.79 Å². The average Bonchev–Trinajstić information content (AvgIpc) is 2.56. The first-order valence-corrected chi connectivity index (χ1v) is 8.50. The minimum absolute atomic E-state index is 0.116. The van der Waals surface area contributed by atoms with Crippen LogP contribution in [0.15, 0.2) is 40.9 Å². The first-order valence-electron chi connectivity index (χ1n) is 7.30. The molecule has 0 saturated carbocycles. The Balaban J connectivity index is 2.07. The van der Waals surface area contributed by atoms with Crippen LogP contribution in [0.2, 0.25) is 0 Å². The zero-order valence-corrected chi connectivity index (χ0v) is 16.4. The van der Waals surface area contributed by atoms with Gasteiger partial charge in [-0.25, -0.2) is 0 Å². The first kappa shape index (κ1) is 19.0. The smallest absolute Gasteiger partial charge is 0.221 e. The van der Waals surface area contributed by atoms with E-state index in [1.807, 2.05) is 18.2 Å². The van der Waals surface area contributed by atoms with Gasteiger partial charge in [-0.1, -0.05) is 0 Å². The number of carbonyl (C=O) groups is 1. The first-order chi connectivity index (χ1) is 11.9. The summed E-state index contributed by atoms with van der Waals surface area (Å²) in [6, 6.07) is 10.8. The summed E-state index contributed by atoms with van der Waals surface area (Å²) in [5.74, 6) is 1.15. The van der Waals surface area contributed by atoms with Crippen LogP contribution in [0.1, 0.15) is 6.92 Å². The van der Waals surface area contributed by atoms with Crippen molar-refractivity contribution in [3.63, 3.8) is 0 Å². The summed E-state index contributed by atoms with van der Waals surface area (Å²) in [5.41, 5.74) is 2.21. The lowest BCUT2D eigenvalue weighted by molar-refractivity contribution is -0.114. The summed E-state index contributed by atoms with van der Waals surface area (Å²) < 4.78 is 11.4. The molecule has 3 N–H and O–H groups in total. The molecule has 2 rings (SSSR count). The summed E-state index contributed by atoms with van der Waals surface area (Å²) in [4.78, 5) is 11.0. The predicted octanol–water partition coefficient (Wildman–Crippen LogP) is 4.23. The quantitative estimate of drug-likeness (QED) is 0.624. The van der Waals surface area contributed by atoms with Crippen LogP contribution in [0.4, 0.5) is 17.1 Å². The Morgan fingerprint density at radius 3 is 2.04 bits per heavy atom. The van der Waals surface area contributed by atoms with Crippen LogP contribution in [0, 0.1) is 0 Å². The second-order valence-corrected chi connectivity index (χ2v) is 6.29. The SMILES string of the molecule is COc1cc(OC)c(NC(=S)Nc2ccc(NC(C)=O)cc2)cc1Br. The second kappa shape index (κ2) is 8.68. The van der Waals surface area contributed by atoms with Crippen molar-refractivity contribution in [2.75, 3.05) is 30.2 Å². The van der Waals surface area contributed by atoms with Crippen molar-refractivity contribution in [3.8, 4) is 11.5 Å². The van der Waals surface area contributed by atoms with Gasteiger partial charge in [0.15, 0.2) is 5.11 Å². The van der Waals surface area contributed by atoms with E-state index in [9.17, 15) is 4.79 Å². The zero-order valence-electron chi connectivity index (χ0n) is 14.0. The van der Waals surface area contributed by atoms with Crippen molar-refractivity contribution < 1.29 is 14.3 Å². The number of methoxy groups -OCH3 is 2. The molecule has 0 fully saturated rings. The lowest BCUT2D eigenvalue weighted by Crippen LogP contribution is -2.19. The fraction of sp³-hybridized carbons (Fsp3) is 0.176. The predicted molar refractivity (Wildman–Crippen MR) is 108 cm³/mol. The molecule has 0 aliphatic rings. The Labute approximate surface area is 160 Å². The number of hydrogen-bond donors (Lipinski definition) is 3. The Bertz CT molecular complexity index is 781. The number of anilines is 3. The van der Waals surface area contributed by atoms with Gasteiger partial charge < -0.3 is 25.4 Å². The third kappa shape index (κ3) is 5.33. The van der Waals surface area contributed by atoms with Crippen LogP contribution in [-0.4, -0.2) is 25.2 Å². The summed E-state index contributed by atoms with van der Waals surface area (Å²) in [6.45, 7) is 1.46. The Hall–Kier alpha value is -2.32. The lowest BCUT2D eigenvalue weighted by atomic mass is 10.2. The number of hydrogen-bond acceptors (Lipinski definition) is 4. The maximum Gasteiger partial charge on any atom is 0.221 e. The van der Waals surface area contributed by atoms with Gasteiger partial charge in [0.25, 0.3) is 0 Å². The number of rotatable bonds is 5. The molecule has 8 heteroatoms. The van der Waals surface area contributed by atoms with Crippen LogP contribution >= 0.6 is 28.1 Å². The lowest BCUT2D eigenvalue weighted by Gasteiger charge is -2.15. The normalized spacial score (nSPS) is 9.92. The number of benzene rings is 2. The summed E-state index contributed by atoms with van der Waals surface area (Å²) in [7, 11) is 3.16. The molecule has 6 nitrogen and oxygen atoms in total. The Kier molecular flexibility index (Phi) is 6.60. The van der Waals surface area contributed by atoms with E-state index in [1.165, 1.54) is 6.92 Å². The molecule has 0 aromatic heterocycles. The maximum atomic E-state index is 11.0. The van der Waals surface area contributed by atoms with Gasteiger partial charge in [0.05, 0.1) is 24.4 Å². The molecular weight excluding hydrogens is 406 g/mol. The van der Waals surface area contributed by atoms with Crippen molar-refractivity contribution in [3.05, 3.63) is 40.9 Å². The number of halogens is 1. The number of amides is 1. The van der Waals surface area contributed by atoms with Gasteiger partial charge in [-0.05, 0) is 58.5 Å². The monoisotopic (exact) mass is 423 g/mol. The average molecular weight is 424 g/mol. The molecule has 0 heterocycles. The summed E-state index contributed by atoms with van der Waals surface area (Å²) in [6.07, 6.45) is 0. The van der Waals surface area contributed by atoms with E-state index in [0.717, 1.165) is 15.8 Å². The van der Waals surface area contributed by atoms with E-state index in [0.29, 0.717) is 22.3 Å². The van der Waals surface area contributed by atoms with Crippen LogP contribution in [0.5, 0.6) is 11.5 Å². The van der Waals surface area contributed by atoms with Crippen molar-refractivity contribution in [1.29, 1.82) is 0 Å². The minimum atomic E-state index is -0.116. The number of ether oxygens (including phenoxy) is 2. The van der Waals surface area contributed by atoms with E-state index >= 15 is 0 Å². The van der Waals surface area contributed by atoms with E-state index in [4.69, 9.17) is 21.7 Å². The number of nitrogens with one attached hydrogen (secondary N) is 3. The Morgan fingerprint density at radius 2 is 1.52 bits per heavy atom. The molecule has 0 saturated heterocycles. The molecule has 2 aromatic rings. The molecule has 0 spiro atoms. The molecule has 0 bridgehead atoms. The zero-order chi connectivity index (χ0) is 18.4. The maximum absolute atomic E-state index is 11.0. The largest absolute Gasteiger partial charge is 0.495 e.